The Morgan fingerprint density at radius 2 is 2.60 bits per heavy atom. The van der Waals surface area contributed by atoms with Crippen LogP contribution in [0.4, 0.5) is 0 Å². The summed E-state index contributed by atoms with van der Waals surface area (Å²) >= 11 is 3.84. The molecule has 0 radical (unpaired) electrons. The second-order valence-corrected chi connectivity index (χ2v) is 4.41. The molecule has 1 aromatic heterocycles. The van der Waals surface area contributed by atoms with Crippen LogP contribution in [0, 0.1) is 0 Å². The van der Waals surface area contributed by atoms with Gasteiger partial charge in [0.15, 0.2) is 0 Å². The Kier molecular flexibility index (Phi) is 1.97. The summed E-state index contributed by atoms with van der Waals surface area (Å²) in [6, 6.07) is 4.31. The fourth-order valence-electron chi connectivity index (χ4n) is 1.05. The van der Waals surface area contributed by atoms with Gasteiger partial charge in [0.25, 0.3) is 0 Å². The molecule has 1 N–H and O–H groups in total. The number of thioether (sulfide) groups is 1. The lowest BCUT2D eigenvalue weighted by molar-refractivity contribution is 0.761. The summed E-state index contributed by atoms with van der Waals surface area (Å²) in [6.45, 7) is 1.16. The third-order valence-electron chi connectivity index (χ3n) is 1.52. The molecule has 0 bridgehead atoms. The second-order valence-electron chi connectivity index (χ2n) is 2.22. The lowest BCUT2D eigenvalue weighted by Gasteiger charge is -2.04. The standard InChI is InChI=1S/C7H9NS2/c1-2-6(9-4-1)7-8-3-5-10-7/h1-2,4,7-8H,3,5H2. The van der Waals surface area contributed by atoms with Crippen LogP contribution in [0.15, 0.2) is 17.5 Å². The highest BCUT2D eigenvalue weighted by Crippen LogP contribution is 2.32. The molecule has 1 unspecified atom stereocenters. The average Bonchev–Trinajstić information content (AvgIpc) is 2.59. The fraction of sp³-hybridized carbons (Fsp3) is 0.429. The molecule has 54 valence electrons. The van der Waals surface area contributed by atoms with Crippen molar-refractivity contribution in [2.24, 2.45) is 0 Å². The minimum atomic E-state index is 0.583. The second kappa shape index (κ2) is 2.95. The minimum absolute atomic E-state index is 0.583. The SMILES string of the molecule is c1csc(C2NCCS2)c1. The number of rotatable bonds is 1. The van der Waals surface area contributed by atoms with Crippen LogP contribution in [0.25, 0.3) is 0 Å². The van der Waals surface area contributed by atoms with Crippen LogP contribution in [0.5, 0.6) is 0 Å². The summed E-state index contributed by atoms with van der Waals surface area (Å²) < 4.78 is 0. The van der Waals surface area contributed by atoms with Gasteiger partial charge in [0, 0.05) is 17.2 Å². The van der Waals surface area contributed by atoms with E-state index >= 15 is 0 Å². The van der Waals surface area contributed by atoms with Crippen molar-refractivity contribution in [3.05, 3.63) is 22.4 Å². The predicted octanol–water partition coefficient (Wildman–Crippen LogP) is 2.08. The largest absolute Gasteiger partial charge is 0.300 e. The molecular weight excluding hydrogens is 162 g/mol. The van der Waals surface area contributed by atoms with E-state index in [4.69, 9.17) is 0 Å². The van der Waals surface area contributed by atoms with Crippen LogP contribution >= 0.6 is 23.1 Å². The van der Waals surface area contributed by atoms with E-state index in [1.54, 1.807) is 0 Å². The molecule has 1 aliphatic rings. The van der Waals surface area contributed by atoms with Gasteiger partial charge in [0.1, 0.15) is 0 Å². The molecule has 0 aromatic carbocycles. The summed E-state index contributed by atoms with van der Waals surface area (Å²) in [4.78, 5) is 1.46. The Hall–Kier alpha value is 0.01000. The Labute approximate surface area is 68.8 Å². The molecular formula is C7H9NS2. The van der Waals surface area contributed by atoms with Gasteiger partial charge in [-0.05, 0) is 11.4 Å². The van der Waals surface area contributed by atoms with Gasteiger partial charge in [-0.25, -0.2) is 0 Å². The molecule has 1 saturated heterocycles. The van der Waals surface area contributed by atoms with E-state index < -0.39 is 0 Å². The Balaban J connectivity index is 2.12. The minimum Gasteiger partial charge on any atom is -0.300 e. The van der Waals surface area contributed by atoms with Gasteiger partial charge < -0.3 is 5.32 Å². The lowest BCUT2D eigenvalue weighted by Crippen LogP contribution is -2.10. The van der Waals surface area contributed by atoms with Gasteiger partial charge in [0.05, 0.1) is 5.37 Å². The first-order valence-electron chi connectivity index (χ1n) is 3.35. The molecule has 0 amide bonds. The summed E-state index contributed by atoms with van der Waals surface area (Å²) in [5.74, 6) is 1.25. The van der Waals surface area contributed by atoms with Crippen molar-refractivity contribution in [2.45, 2.75) is 5.37 Å². The highest BCUT2D eigenvalue weighted by molar-refractivity contribution is 7.99. The van der Waals surface area contributed by atoms with Gasteiger partial charge in [-0.3, -0.25) is 0 Å². The molecule has 1 atom stereocenters. The topological polar surface area (TPSA) is 12.0 Å². The predicted molar refractivity (Wildman–Crippen MR) is 47.5 cm³/mol. The number of thiophene rings is 1. The molecule has 0 aliphatic carbocycles. The number of nitrogens with one attached hydrogen (secondary N) is 1. The average molecular weight is 171 g/mol. The van der Waals surface area contributed by atoms with Gasteiger partial charge >= 0.3 is 0 Å². The molecule has 2 heterocycles. The first-order valence-corrected chi connectivity index (χ1v) is 5.28. The zero-order valence-electron chi connectivity index (χ0n) is 5.54. The molecule has 1 fully saturated rings. The molecule has 0 saturated carbocycles. The van der Waals surface area contributed by atoms with Gasteiger partial charge in [-0.15, -0.1) is 23.1 Å². The van der Waals surface area contributed by atoms with E-state index in [1.165, 1.54) is 10.6 Å². The van der Waals surface area contributed by atoms with E-state index in [2.05, 4.69) is 22.8 Å². The fourth-order valence-corrected chi connectivity index (χ4v) is 3.05. The molecule has 0 spiro atoms. The highest BCUT2D eigenvalue weighted by atomic mass is 32.2. The van der Waals surface area contributed by atoms with Crippen molar-refractivity contribution < 1.29 is 0 Å². The molecule has 10 heavy (non-hydrogen) atoms. The number of hydrogen-bond acceptors (Lipinski definition) is 3. The normalized spacial score (nSPS) is 25.4. The Bertz CT molecular complexity index is 189. The molecule has 1 aromatic rings. The van der Waals surface area contributed by atoms with E-state index in [0.717, 1.165) is 6.54 Å². The first-order chi connectivity index (χ1) is 4.97. The summed E-state index contributed by atoms with van der Waals surface area (Å²) in [6.07, 6.45) is 0. The monoisotopic (exact) mass is 171 g/mol. The third kappa shape index (κ3) is 1.21. The van der Waals surface area contributed by atoms with Crippen LogP contribution in [0.1, 0.15) is 10.3 Å². The van der Waals surface area contributed by atoms with Crippen LogP contribution in [0.2, 0.25) is 0 Å². The molecule has 1 aliphatic heterocycles. The maximum absolute atomic E-state index is 3.43. The smallest absolute Gasteiger partial charge is 0.0883 e. The van der Waals surface area contributed by atoms with Crippen LogP contribution in [0.3, 0.4) is 0 Å². The van der Waals surface area contributed by atoms with E-state index in [9.17, 15) is 0 Å². The zero-order chi connectivity index (χ0) is 6.81. The summed E-state index contributed by atoms with van der Waals surface area (Å²) in [7, 11) is 0. The summed E-state index contributed by atoms with van der Waals surface area (Å²) in [5, 5.41) is 6.15. The Morgan fingerprint density at radius 1 is 1.60 bits per heavy atom. The van der Waals surface area contributed by atoms with Crippen molar-refractivity contribution in [3.8, 4) is 0 Å². The lowest BCUT2D eigenvalue weighted by atomic mass is 10.4. The van der Waals surface area contributed by atoms with Gasteiger partial charge in [0.2, 0.25) is 0 Å². The van der Waals surface area contributed by atoms with Crippen molar-refractivity contribution in [1.29, 1.82) is 0 Å². The van der Waals surface area contributed by atoms with Gasteiger partial charge in [-0.1, -0.05) is 6.07 Å². The van der Waals surface area contributed by atoms with Crippen LogP contribution in [-0.4, -0.2) is 12.3 Å². The first kappa shape index (κ1) is 6.70. The zero-order valence-corrected chi connectivity index (χ0v) is 7.17. The third-order valence-corrected chi connectivity index (χ3v) is 3.80. The Morgan fingerprint density at radius 3 is 3.20 bits per heavy atom. The van der Waals surface area contributed by atoms with Crippen LogP contribution < -0.4 is 5.32 Å². The van der Waals surface area contributed by atoms with Gasteiger partial charge in [-0.2, -0.15) is 0 Å². The van der Waals surface area contributed by atoms with E-state index in [-0.39, 0.29) is 0 Å². The summed E-state index contributed by atoms with van der Waals surface area (Å²) in [5.41, 5.74) is 0. The molecule has 3 heteroatoms. The van der Waals surface area contributed by atoms with E-state index in [1.807, 2.05) is 23.1 Å². The maximum Gasteiger partial charge on any atom is 0.0883 e. The van der Waals surface area contributed by atoms with E-state index in [0.29, 0.717) is 5.37 Å². The number of hydrogen-bond donors (Lipinski definition) is 1. The maximum atomic E-state index is 3.43. The van der Waals surface area contributed by atoms with Crippen molar-refractivity contribution in [3.63, 3.8) is 0 Å². The molecule has 2 rings (SSSR count). The van der Waals surface area contributed by atoms with Crippen LogP contribution in [-0.2, 0) is 0 Å². The highest BCUT2D eigenvalue weighted by Gasteiger charge is 2.16. The molecule has 1 nitrogen and oxygen atoms in total. The van der Waals surface area contributed by atoms with Crippen molar-refractivity contribution in [1.82, 2.24) is 5.32 Å². The quantitative estimate of drug-likeness (QED) is 0.694. The van der Waals surface area contributed by atoms with Crippen molar-refractivity contribution >= 4 is 23.1 Å². The van der Waals surface area contributed by atoms with Crippen molar-refractivity contribution in [2.75, 3.05) is 12.3 Å².